The van der Waals surface area contributed by atoms with Gasteiger partial charge in [-0.2, -0.15) is 0 Å². The first-order chi connectivity index (χ1) is 8.63. The summed E-state index contributed by atoms with van der Waals surface area (Å²) in [4.78, 5) is 25.1. The number of carbonyl (C=O) groups excluding carboxylic acids is 2. The third-order valence-electron chi connectivity index (χ3n) is 2.95. The molecular weight excluding hydrogens is 236 g/mol. The lowest BCUT2D eigenvalue weighted by Gasteiger charge is -2.30. The van der Waals surface area contributed by atoms with Crippen molar-refractivity contribution in [3.8, 4) is 0 Å². The van der Waals surface area contributed by atoms with Gasteiger partial charge in [-0.3, -0.25) is 4.79 Å². The molecule has 0 N–H and O–H groups in total. The van der Waals surface area contributed by atoms with Crippen LogP contribution in [0.1, 0.15) is 29.5 Å². The number of likely N-dealkylation sites (tertiary alicyclic amines) is 1. The van der Waals surface area contributed by atoms with Gasteiger partial charge in [-0.05, 0) is 20.3 Å². The summed E-state index contributed by atoms with van der Waals surface area (Å²) < 4.78 is 6.29. The van der Waals surface area contributed by atoms with E-state index in [4.69, 9.17) is 4.74 Å². The molecular formula is C11H16N4O3. The average Bonchev–Trinajstić information content (AvgIpc) is 2.58. The van der Waals surface area contributed by atoms with Gasteiger partial charge in [-0.15, -0.1) is 5.10 Å². The van der Waals surface area contributed by atoms with E-state index < -0.39 is 5.97 Å². The molecule has 1 fully saturated rings. The number of esters is 1. The standard InChI is InChI=1S/C11H16N4O3/c1-3-18-11(17)10-8(2)15(13-12-10)7-9(16)14-5-4-6-14/h3-7H2,1-2H3. The Balaban J connectivity index is 2.05. The minimum atomic E-state index is -0.502. The molecule has 7 nitrogen and oxygen atoms in total. The molecule has 2 rings (SSSR count). The Morgan fingerprint density at radius 2 is 2.11 bits per heavy atom. The highest BCUT2D eigenvalue weighted by Gasteiger charge is 2.23. The molecule has 0 atom stereocenters. The number of hydrogen-bond donors (Lipinski definition) is 0. The van der Waals surface area contributed by atoms with Crippen LogP contribution in [0.15, 0.2) is 0 Å². The van der Waals surface area contributed by atoms with Crippen molar-refractivity contribution in [2.75, 3.05) is 19.7 Å². The molecule has 0 radical (unpaired) electrons. The lowest BCUT2D eigenvalue weighted by molar-refractivity contribution is -0.135. The number of ether oxygens (including phenoxy) is 1. The second-order valence-electron chi connectivity index (χ2n) is 4.14. The van der Waals surface area contributed by atoms with E-state index in [2.05, 4.69) is 10.3 Å². The number of rotatable bonds is 4. The smallest absolute Gasteiger partial charge is 0.360 e. The molecule has 98 valence electrons. The molecule has 1 aromatic rings. The lowest BCUT2D eigenvalue weighted by Crippen LogP contribution is -2.43. The van der Waals surface area contributed by atoms with E-state index in [1.54, 1.807) is 18.7 Å². The van der Waals surface area contributed by atoms with Gasteiger partial charge < -0.3 is 9.64 Å². The topological polar surface area (TPSA) is 77.3 Å². The van der Waals surface area contributed by atoms with Crippen molar-refractivity contribution < 1.29 is 14.3 Å². The van der Waals surface area contributed by atoms with Crippen molar-refractivity contribution in [1.82, 2.24) is 19.9 Å². The normalized spacial score (nSPS) is 14.2. The highest BCUT2D eigenvalue weighted by molar-refractivity contribution is 5.88. The molecule has 1 amide bonds. The molecule has 1 aliphatic rings. The van der Waals surface area contributed by atoms with Gasteiger partial charge in [0.2, 0.25) is 5.91 Å². The van der Waals surface area contributed by atoms with Crippen LogP contribution in [0, 0.1) is 6.92 Å². The van der Waals surface area contributed by atoms with Crippen molar-refractivity contribution in [1.29, 1.82) is 0 Å². The Hall–Kier alpha value is -1.92. The Bertz CT molecular complexity index is 465. The lowest BCUT2D eigenvalue weighted by atomic mass is 10.2. The molecule has 18 heavy (non-hydrogen) atoms. The van der Waals surface area contributed by atoms with E-state index in [1.165, 1.54) is 4.68 Å². The van der Waals surface area contributed by atoms with Crippen LogP contribution in [-0.4, -0.2) is 51.5 Å². The highest BCUT2D eigenvalue weighted by Crippen LogP contribution is 2.09. The highest BCUT2D eigenvalue weighted by atomic mass is 16.5. The van der Waals surface area contributed by atoms with Crippen LogP contribution in [0.25, 0.3) is 0 Å². The summed E-state index contributed by atoms with van der Waals surface area (Å²) in [5, 5.41) is 7.58. The third-order valence-corrected chi connectivity index (χ3v) is 2.95. The number of amides is 1. The summed E-state index contributed by atoms with van der Waals surface area (Å²) in [5.74, 6) is -0.498. The van der Waals surface area contributed by atoms with E-state index in [-0.39, 0.29) is 24.8 Å². The van der Waals surface area contributed by atoms with Crippen LogP contribution in [0.2, 0.25) is 0 Å². The largest absolute Gasteiger partial charge is 0.461 e. The average molecular weight is 252 g/mol. The molecule has 7 heteroatoms. The van der Waals surface area contributed by atoms with Gasteiger partial charge in [0.25, 0.3) is 0 Å². The molecule has 0 saturated carbocycles. The maximum absolute atomic E-state index is 11.8. The Morgan fingerprint density at radius 1 is 1.39 bits per heavy atom. The Labute approximate surface area is 105 Å². The van der Waals surface area contributed by atoms with Crippen LogP contribution >= 0.6 is 0 Å². The van der Waals surface area contributed by atoms with E-state index in [0.29, 0.717) is 5.69 Å². The molecule has 0 aromatic carbocycles. The Kier molecular flexibility index (Phi) is 3.59. The van der Waals surface area contributed by atoms with E-state index in [9.17, 15) is 9.59 Å². The second kappa shape index (κ2) is 5.16. The van der Waals surface area contributed by atoms with E-state index in [0.717, 1.165) is 19.5 Å². The fourth-order valence-electron chi connectivity index (χ4n) is 1.69. The predicted octanol–water partition coefficient (Wildman–Crippen LogP) is -0.00448. The van der Waals surface area contributed by atoms with Gasteiger partial charge in [-0.25, -0.2) is 9.48 Å². The fraction of sp³-hybridized carbons (Fsp3) is 0.636. The first kappa shape index (κ1) is 12.5. The quantitative estimate of drug-likeness (QED) is 0.705. The van der Waals surface area contributed by atoms with Crippen molar-refractivity contribution in [3.63, 3.8) is 0 Å². The molecule has 1 saturated heterocycles. The summed E-state index contributed by atoms with van der Waals surface area (Å²) in [7, 11) is 0. The summed E-state index contributed by atoms with van der Waals surface area (Å²) in [6.07, 6.45) is 1.05. The zero-order chi connectivity index (χ0) is 13.1. The van der Waals surface area contributed by atoms with Gasteiger partial charge in [0.1, 0.15) is 6.54 Å². The molecule has 1 aromatic heterocycles. The monoisotopic (exact) mass is 252 g/mol. The van der Waals surface area contributed by atoms with Crippen molar-refractivity contribution in [3.05, 3.63) is 11.4 Å². The number of aromatic nitrogens is 3. The molecule has 1 aliphatic heterocycles. The van der Waals surface area contributed by atoms with Gasteiger partial charge in [0.15, 0.2) is 5.69 Å². The fourth-order valence-corrected chi connectivity index (χ4v) is 1.69. The minimum Gasteiger partial charge on any atom is -0.461 e. The minimum absolute atomic E-state index is 0.00431. The molecule has 0 unspecified atom stereocenters. The summed E-state index contributed by atoms with van der Waals surface area (Å²) in [6.45, 7) is 5.45. The third kappa shape index (κ3) is 2.34. The van der Waals surface area contributed by atoms with Gasteiger partial charge in [0.05, 0.1) is 12.3 Å². The zero-order valence-electron chi connectivity index (χ0n) is 10.5. The van der Waals surface area contributed by atoms with Crippen LogP contribution in [0.4, 0.5) is 0 Å². The second-order valence-corrected chi connectivity index (χ2v) is 4.14. The molecule has 2 heterocycles. The first-order valence-corrected chi connectivity index (χ1v) is 5.98. The summed E-state index contributed by atoms with van der Waals surface area (Å²) >= 11 is 0. The summed E-state index contributed by atoms with van der Waals surface area (Å²) in [5.41, 5.74) is 0.732. The van der Waals surface area contributed by atoms with Crippen molar-refractivity contribution >= 4 is 11.9 Å². The van der Waals surface area contributed by atoms with Crippen LogP contribution in [0.3, 0.4) is 0 Å². The van der Waals surface area contributed by atoms with Gasteiger partial charge in [0, 0.05) is 13.1 Å². The van der Waals surface area contributed by atoms with Gasteiger partial charge in [-0.1, -0.05) is 5.21 Å². The van der Waals surface area contributed by atoms with Crippen molar-refractivity contribution in [2.24, 2.45) is 0 Å². The molecule has 0 bridgehead atoms. The number of nitrogens with zero attached hydrogens (tertiary/aromatic N) is 4. The zero-order valence-corrected chi connectivity index (χ0v) is 10.5. The van der Waals surface area contributed by atoms with E-state index in [1.807, 2.05) is 0 Å². The Morgan fingerprint density at radius 3 is 2.67 bits per heavy atom. The number of hydrogen-bond acceptors (Lipinski definition) is 5. The number of carbonyl (C=O) groups is 2. The maximum atomic E-state index is 11.8. The van der Waals surface area contributed by atoms with Crippen LogP contribution in [-0.2, 0) is 16.1 Å². The van der Waals surface area contributed by atoms with Gasteiger partial charge >= 0.3 is 5.97 Å². The predicted molar refractivity (Wildman–Crippen MR) is 61.9 cm³/mol. The van der Waals surface area contributed by atoms with E-state index >= 15 is 0 Å². The van der Waals surface area contributed by atoms with Crippen LogP contribution < -0.4 is 0 Å². The van der Waals surface area contributed by atoms with Crippen molar-refractivity contribution in [2.45, 2.75) is 26.8 Å². The molecule has 0 spiro atoms. The van der Waals surface area contributed by atoms with Crippen LogP contribution in [0.5, 0.6) is 0 Å². The summed E-state index contributed by atoms with van der Waals surface area (Å²) in [6, 6.07) is 0. The maximum Gasteiger partial charge on any atom is 0.360 e. The molecule has 0 aliphatic carbocycles. The first-order valence-electron chi connectivity index (χ1n) is 5.98. The SMILES string of the molecule is CCOC(=O)c1nnn(CC(=O)N2CCC2)c1C.